The summed E-state index contributed by atoms with van der Waals surface area (Å²) < 4.78 is 9.60. The summed E-state index contributed by atoms with van der Waals surface area (Å²) in [7, 11) is 2.61. The molecule has 11 nitrogen and oxygen atoms in total. The lowest BCUT2D eigenvalue weighted by Crippen LogP contribution is -2.35. The first-order valence-electron chi connectivity index (χ1n) is 17.9. The van der Waals surface area contributed by atoms with E-state index in [-0.39, 0.29) is 55.9 Å². The summed E-state index contributed by atoms with van der Waals surface area (Å²) in [5.74, 6) is -0.935. The molecular weight excluding hydrogens is 658 g/mol. The van der Waals surface area contributed by atoms with Crippen LogP contribution in [-0.2, 0) is 23.9 Å². The van der Waals surface area contributed by atoms with Gasteiger partial charge in [0.25, 0.3) is 0 Å². The average Bonchev–Trinajstić information content (AvgIpc) is 3.88. The molecule has 272 valence electrons. The fourth-order valence-electron chi connectivity index (χ4n) is 7.84. The van der Waals surface area contributed by atoms with E-state index in [1.54, 1.807) is 0 Å². The lowest BCUT2D eigenvalue weighted by Gasteiger charge is -2.24. The Morgan fingerprint density at radius 2 is 1.60 bits per heavy atom. The Balaban J connectivity index is 1.42. The fourth-order valence-corrected chi connectivity index (χ4v) is 7.84. The largest absolute Gasteiger partial charge is 0.511 e. The Bertz CT molecular complexity index is 2000. The number of carbonyl (C=O) groups excluding carboxylic acids is 3. The standard InChI is InChI=1S/C41H47N5O6/c1-9-25-21(3)29-18-31-23(5)27(11-12-36(48)46(15-13-37(49)51-7)16-14-38(50)52-8)40(44-31)28-17-35(47)39-24(6)32(45-41(28)39)20-34-26(10-2)22(4)30(43-34)19-33(25)42-29/h9,18-20,23,27,44,47H,1,10-17H2,2-8H3/t23-,27-/m0/s1. The molecule has 0 radical (unpaired) electrons. The van der Waals surface area contributed by atoms with Crippen LogP contribution in [0.2, 0.25) is 0 Å². The molecule has 5 aliphatic heterocycles. The number of esters is 2. The van der Waals surface area contributed by atoms with Gasteiger partial charge in [-0.2, -0.15) is 0 Å². The highest BCUT2D eigenvalue weighted by Crippen LogP contribution is 2.46. The number of ether oxygens (including phenoxy) is 2. The minimum absolute atomic E-state index is 0.0190. The highest BCUT2D eigenvalue weighted by Gasteiger charge is 2.41. The van der Waals surface area contributed by atoms with E-state index in [4.69, 9.17) is 24.5 Å². The Morgan fingerprint density at radius 1 is 0.942 bits per heavy atom. The van der Waals surface area contributed by atoms with Gasteiger partial charge in [0.15, 0.2) is 0 Å². The van der Waals surface area contributed by atoms with E-state index in [1.165, 1.54) is 19.1 Å². The maximum atomic E-state index is 13.7. The van der Waals surface area contributed by atoms with Crippen LogP contribution in [0.5, 0.6) is 0 Å². The number of amides is 1. The van der Waals surface area contributed by atoms with Gasteiger partial charge in [0.05, 0.1) is 61.3 Å². The highest BCUT2D eigenvalue weighted by molar-refractivity contribution is 6.21. The monoisotopic (exact) mass is 705 g/mol. The minimum Gasteiger partial charge on any atom is -0.511 e. The third kappa shape index (κ3) is 6.60. The topological polar surface area (TPSA) is 142 Å². The van der Waals surface area contributed by atoms with Gasteiger partial charge in [0.2, 0.25) is 5.91 Å². The zero-order valence-corrected chi connectivity index (χ0v) is 31.1. The number of hydrogen-bond donors (Lipinski definition) is 2. The van der Waals surface area contributed by atoms with Crippen molar-refractivity contribution in [2.45, 2.75) is 73.1 Å². The first kappa shape index (κ1) is 36.5. The summed E-state index contributed by atoms with van der Waals surface area (Å²) in [5, 5.41) is 15.1. The number of fused-ring (bicyclic) bond motifs is 5. The average molecular weight is 706 g/mol. The van der Waals surface area contributed by atoms with E-state index in [0.717, 1.165) is 91.1 Å². The predicted molar refractivity (Wildman–Crippen MR) is 201 cm³/mol. The van der Waals surface area contributed by atoms with Gasteiger partial charge >= 0.3 is 11.9 Å². The van der Waals surface area contributed by atoms with Crippen molar-refractivity contribution in [3.8, 4) is 0 Å². The summed E-state index contributed by atoms with van der Waals surface area (Å²) in [4.78, 5) is 54.5. The maximum absolute atomic E-state index is 13.7. The first-order chi connectivity index (χ1) is 24.9. The molecule has 8 bridgehead atoms. The molecule has 0 unspecified atom stereocenters. The van der Waals surface area contributed by atoms with E-state index in [9.17, 15) is 19.5 Å². The number of aliphatic hydroxyl groups excluding tert-OH is 1. The van der Waals surface area contributed by atoms with Crippen molar-refractivity contribution in [2.24, 2.45) is 26.8 Å². The van der Waals surface area contributed by atoms with Crippen molar-refractivity contribution in [3.63, 3.8) is 0 Å². The Hall–Kier alpha value is -5.32. The van der Waals surface area contributed by atoms with Crippen molar-refractivity contribution in [1.82, 2.24) is 10.2 Å². The van der Waals surface area contributed by atoms with Crippen LogP contribution in [0, 0.1) is 11.8 Å². The second-order valence-electron chi connectivity index (χ2n) is 13.8. The molecule has 52 heavy (non-hydrogen) atoms. The van der Waals surface area contributed by atoms with Crippen LogP contribution in [0.25, 0.3) is 0 Å². The molecule has 0 aromatic heterocycles. The van der Waals surface area contributed by atoms with Crippen LogP contribution in [0.15, 0.2) is 119 Å². The van der Waals surface area contributed by atoms with Crippen LogP contribution in [0.4, 0.5) is 0 Å². The number of nitrogens with zero attached hydrogens (tertiary/aromatic N) is 4. The molecule has 0 aromatic rings. The quantitative estimate of drug-likeness (QED) is 0.231. The molecule has 1 aliphatic carbocycles. The van der Waals surface area contributed by atoms with Crippen molar-refractivity contribution in [3.05, 3.63) is 104 Å². The van der Waals surface area contributed by atoms with Gasteiger partial charge in [-0.25, -0.2) is 15.0 Å². The number of aliphatic imine (C=N–C) groups is 3. The number of allylic oxidation sites excluding steroid dienone is 12. The van der Waals surface area contributed by atoms with E-state index in [1.807, 2.05) is 32.1 Å². The van der Waals surface area contributed by atoms with Gasteiger partial charge in [0.1, 0.15) is 5.76 Å². The molecule has 6 aliphatic rings. The van der Waals surface area contributed by atoms with Crippen molar-refractivity contribution < 1.29 is 29.0 Å². The predicted octanol–water partition coefficient (Wildman–Crippen LogP) is 6.58. The van der Waals surface area contributed by atoms with E-state index in [0.29, 0.717) is 12.8 Å². The first-order valence-corrected chi connectivity index (χ1v) is 17.9. The molecule has 2 atom stereocenters. The molecule has 11 heteroatoms. The minimum atomic E-state index is -0.434. The molecule has 6 rings (SSSR count). The third-order valence-corrected chi connectivity index (χ3v) is 11.0. The smallest absolute Gasteiger partial charge is 0.307 e. The van der Waals surface area contributed by atoms with Crippen molar-refractivity contribution in [1.29, 1.82) is 0 Å². The maximum Gasteiger partial charge on any atom is 0.307 e. The summed E-state index contributed by atoms with van der Waals surface area (Å²) in [5.41, 5.74) is 13.4. The lowest BCUT2D eigenvalue weighted by molar-refractivity contribution is -0.142. The number of nitrogens with one attached hydrogen (secondary N) is 1. The molecule has 1 fully saturated rings. The van der Waals surface area contributed by atoms with E-state index >= 15 is 0 Å². The third-order valence-electron chi connectivity index (χ3n) is 11.0. The van der Waals surface area contributed by atoms with Crippen LogP contribution in [0.3, 0.4) is 0 Å². The SMILES string of the molecule is C=CC1=C(C)C2=NC1=CC1=NC(=CC3=C(C)C4=C(O)CC(=C5NC(=C2)[C@@H](C)[C@@H]5CCC(=O)N(CCC(=O)OC)CCC(=O)OC)C4=N3)C(CC)=C1C. The lowest BCUT2D eigenvalue weighted by atomic mass is 9.86. The molecule has 0 saturated carbocycles. The van der Waals surface area contributed by atoms with Crippen LogP contribution >= 0.6 is 0 Å². The van der Waals surface area contributed by atoms with Gasteiger partial charge in [-0.15, -0.1) is 0 Å². The fraction of sp³-hybridized carbons (Fsp3) is 0.415. The second kappa shape index (κ2) is 14.7. The van der Waals surface area contributed by atoms with Crippen molar-refractivity contribution >= 4 is 35.0 Å². The normalized spacial score (nSPS) is 21.9. The summed E-state index contributed by atoms with van der Waals surface area (Å²) in [6, 6.07) is 0. The van der Waals surface area contributed by atoms with Crippen LogP contribution in [0.1, 0.15) is 73.1 Å². The van der Waals surface area contributed by atoms with E-state index in [2.05, 4.69) is 38.7 Å². The second-order valence-corrected chi connectivity index (χ2v) is 13.8. The zero-order valence-electron chi connectivity index (χ0n) is 31.1. The molecule has 0 spiro atoms. The Labute approximate surface area is 305 Å². The molecule has 1 saturated heterocycles. The Kier molecular flexibility index (Phi) is 10.3. The molecule has 1 amide bonds. The number of hydrogen-bond acceptors (Lipinski definition) is 10. The van der Waals surface area contributed by atoms with Gasteiger partial charge in [-0.05, 0) is 74.1 Å². The number of aliphatic hydroxyl groups is 1. The number of methoxy groups -OCH3 is 2. The number of rotatable bonds is 11. The summed E-state index contributed by atoms with van der Waals surface area (Å²) in [6.07, 6.45) is 9.78. The molecule has 5 heterocycles. The van der Waals surface area contributed by atoms with Crippen LogP contribution in [-0.4, -0.2) is 72.3 Å². The summed E-state index contributed by atoms with van der Waals surface area (Å²) >= 11 is 0. The molecule has 2 N–H and O–H groups in total. The van der Waals surface area contributed by atoms with Gasteiger partial charge in [-0.1, -0.05) is 26.5 Å². The van der Waals surface area contributed by atoms with Gasteiger partial charge in [-0.3, -0.25) is 14.4 Å². The highest BCUT2D eigenvalue weighted by atomic mass is 16.5. The van der Waals surface area contributed by atoms with Crippen LogP contribution < -0.4 is 5.32 Å². The van der Waals surface area contributed by atoms with Crippen molar-refractivity contribution in [2.75, 3.05) is 27.3 Å². The summed E-state index contributed by atoms with van der Waals surface area (Å²) in [6.45, 7) is 14.7. The number of carbonyl (C=O) groups is 3. The van der Waals surface area contributed by atoms with Gasteiger partial charge in [0, 0.05) is 65.9 Å². The zero-order chi connectivity index (χ0) is 37.4. The van der Waals surface area contributed by atoms with Gasteiger partial charge < -0.3 is 24.8 Å². The Morgan fingerprint density at radius 3 is 2.23 bits per heavy atom. The molecule has 0 aromatic carbocycles. The van der Waals surface area contributed by atoms with E-state index < -0.39 is 11.9 Å². The molecular formula is C41H47N5O6.